The van der Waals surface area contributed by atoms with Crippen molar-refractivity contribution < 1.29 is 9.21 Å². The molecular weight excluding hydrogens is 443 g/mol. The maximum Gasteiger partial charge on any atom is 0.230 e. The maximum absolute atomic E-state index is 12.4. The molecule has 0 saturated heterocycles. The van der Waals surface area contributed by atoms with Crippen molar-refractivity contribution in [1.82, 2.24) is 20.1 Å². The fraction of sp³-hybridized carbons (Fsp3) is 0.381. The van der Waals surface area contributed by atoms with Crippen LogP contribution in [-0.2, 0) is 11.3 Å². The van der Waals surface area contributed by atoms with Crippen LogP contribution >= 0.6 is 35.0 Å². The molecule has 1 N–H and O–H groups in total. The molecule has 9 heteroatoms. The standard InChI is InChI=1S/C21H22Cl2N4O2S/c22-14-8-9-17(18(23)11-14)20-25-26-21(27(20)12-16-7-4-10-29-16)30-13-19(28)24-15-5-2-1-3-6-15/h4,7-11,15H,1-3,5-6,12-13H2,(H,24,28). The van der Waals surface area contributed by atoms with E-state index in [0.29, 0.717) is 27.6 Å². The maximum atomic E-state index is 12.4. The summed E-state index contributed by atoms with van der Waals surface area (Å²) >= 11 is 13.8. The average Bonchev–Trinajstić information content (AvgIpc) is 3.38. The number of carbonyl (C=O) groups is 1. The van der Waals surface area contributed by atoms with E-state index in [4.69, 9.17) is 27.6 Å². The van der Waals surface area contributed by atoms with Gasteiger partial charge in [0.15, 0.2) is 11.0 Å². The summed E-state index contributed by atoms with van der Waals surface area (Å²) in [5.74, 6) is 1.66. The highest BCUT2D eigenvalue weighted by Gasteiger charge is 2.20. The first-order valence-corrected chi connectivity index (χ1v) is 11.7. The zero-order chi connectivity index (χ0) is 20.9. The van der Waals surface area contributed by atoms with Crippen LogP contribution in [0.5, 0.6) is 0 Å². The van der Waals surface area contributed by atoms with Crippen LogP contribution in [0.2, 0.25) is 10.0 Å². The van der Waals surface area contributed by atoms with Crippen molar-refractivity contribution in [3.63, 3.8) is 0 Å². The second-order valence-corrected chi connectivity index (χ2v) is 9.07. The van der Waals surface area contributed by atoms with E-state index in [-0.39, 0.29) is 17.7 Å². The number of nitrogens with zero attached hydrogens (tertiary/aromatic N) is 3. The number of carbonyl (C=O) groups excluding carboxylic acids is 1. The Kier molecular flexibility index (Phi) is 7.02. The lowest BCUT2D eigenvalue weighted by Crippen LogP contribution is -2.37. The second-order valence-electron chi connectivity index (χ2n) is 7.29. The van der Waals surface area contributed by atoms with Crippen LogP contribution in [0.25, 0.3) is 11.4 Å². The third kappa shape index (κ3) is 5.20. The molecule has 30 heavy (non-hydrogen) atoms. The predicted molar refractivity (Wildman–Crippen MR) is 119 cm³/mol. The van der Waals surface area contributed by atoms with Gasteiger partial charge >= 0.3 is 0 Å². The largest absolute Gasteiger partial charge is 0.467 e. The van der Waals surface area contributed by atoms with Crippen LogP contribution in [0, 0.1) is 0 Å². The van der Waals surface area contributed by atoms with Crippen LogP contribution in [0.3, 0.4) is 0 Å². The molecule has 0 aliphatic heterocycles. The molecule has 1 saturated carbocycles. The Morgan fingerprint density at radius 3 is 2.77 bits per heavy atom. The summed E-state index contributed by atoms with van der Waals surface area (Å²) in [6.07, 6.45) is 7.36. The van der Waals surface area contributed by atoms with Crippen LogP contribution in [-0.4, -0.2) is 32.5 Å². The second kappa shape index (κ2) is 9.90. The third-order valence-corrected chi connectivity index (χ3v) is 6.60. The summed E-state index contributed by atoms with van der Waals surface area (Å²) in [4.78, 5) is 12.4. The Bertz CT molecular complexity index is 1000. The minimum absolute atomic E-state index is 0.0190. The van der Waals surface area contributed by atoms with Gasteiger partial charge in [0.25, 0.3) is 0 Å². The minimum Gasteiger partial charge on any atom is -0.467 e. The van der Waals surface area contributed by atoms with Gasteiger partial charge < -0.3 is 9.73 Å². The van der Waals surface area contributed by atoms with Crippen molar-refractivity contribution in [2.75, 3.05) is 5.75 Å². The Balaban J connectivity index is 1.53. The van der Waals surface area contributed by atoms with E-state index in [1.165, 1.54) is 31.0 Å². The average molecular weight is 465 g/mol. The van der Waals surface area contributed by atoms with E-state index in [1.54, 1.807) is 18.4 Å². The van der Waals surface area contributed by atoms with Gasteiger partial charge in [0.1, 0.15) is 5.76 Å². The van der Waals surface area contributed by atoms with E-state index < -0.39 is 0 Å². The Labute approximate surface area is 189 Å². The molecule has 2 heterocycles. The van der Waals surface area contributed by atoms with E-state index in [2.05, 4.69) is 15.5 Å². The van der Waals surface area contributed by atoms with Crippen molar-refractivity contribution in [3.8, 4) is 11.4 Å². The monoisotopic (exact) mass is 464 g/mol. The Morgan fingerprint density at radius 2 is 2.03 bits per heavy atom. The van der Waals surface area contributed by atoms with E-state index in [0.717, 1.165) is 24.2 Å². The van der Waals surface area contributed by atoms with Gasteiger partial charge in [-0.05, 0) is 43.2 Å². The summed E-state index contributed by atoms with van der Waals surface area (Å²) in [7, 11) is 0. The minimum atomic E-state index is 0.0190. The molecule has 158 valence electrons. The molecule has 1 amide bonds. The smallest absolute Gasteiger partial charge is 0.230 e. The van der Waals surface area contributed by atoms with Gasteiger partial charge in [-0.25, -0.2) is 0 Å². The molecule has 1 aromatic carbocycles. The van der Waals surface area contributed by atoms with Gasteiger partial charge in [-0.2, -0.15) is 0 Å². The molecule has 0 radical (unpaired) electrons. The Morgan fingerprint density at radius 1 is 1.20 bits per heavy atom. The zero-order valence-corrected chi connectivity index (χ0v) is 18.6. The summed E-state index contributed by atoms with van der Waals surface area (Å²) in [6, 6.07) is 9.26. The lowest BCUT2D eigenvalue weighted by atomic mass is 9.95. The highest BCUT2D eigenvalue weighted by molar-refractivity contribution is 7.99. The quantitative estimate of drug-likeness (QED) is 0.471. The number of amides is 1. The van der Waals surface area contributed by atoms with Gasteiger partial charge in [0.2, 0.25) is 5.91 Å². The highest BCUT2D eigenvalue weighted by Crippen LogP contribution is 2.32. The number of aromatic nitrogens is 3. The molecular formula is C21H22Cl2N4O2S. The van der Waals surface area contributed by atoms with Gasteiger partial charge in [-0.3, -0.25) is 9.36 Å². The summed E-state index contributed by atoms with van der Waals surface area (Å²) in [6.45, 7) is 0.431. The van der Waals surface area contributed by atoms with Crippen LogP contribution in [0.4, 0.5) is 0 Å². The molecule has 4 rings (SSSR count). The van der Waals surface area contributed by atoms with E-state index >= 15 is 0 Å². The van der Waals surface area contributed by atoms with Crippen molar-refractivity contribution in [2.24, 2.45) is 0 Å². The number of benzene rings is 1. The van der Waals surface area contributed by atoms with Gasteiger partial charge in [0.05, 0.1) is 23.6 Å². The van der Waals surface area contributed by atoms with Crippen molar-refractivity contribution >= 4 is 40.9 Å². The molecule has 2 aromatic heterocycles. The first-order chi connectivity index (χ1) is 14.6. The van der Waals surface area contributed by atoms with Gasteiger partial charge in [-0.15, -0.1) is 10.2 Å². The first-order valence-electron chi connectivity index (χ1n) is 9.93. The van der Waals surface area contributed by atoms with Gasteiger partial charge in [-0.1, -0.05) is 54.2 Å². The molecule has 1 fully saturated rings. The normalized spacial score (nSPS) is 14.7. The fourth-order valence-corrected chi connectivity index (χ4v) is 4.85. The molecule has 1 aliphatic carbocycles. The number of hydrogen-bond donors (Lipinski definition) is 1. The lowest BCUT2D eigenvalue weighted by molar-refractivity contribution is -0.119. The number of halogens is 2. The molecule has 0 spiro atoms. The van der Waals surface area contributed by atoms with Crippen LogP contribution in [0.15, 0.2) is 46.2 Å². The fourth-order valence-electron chi connectivity index (χ4n) is 3.61. The molecule has 0 atom stereocenters. The summed E-state index contributed by atoms with van der Waals surface area (Å²) in [5.41, 5.74) is 0.721. The van der Waals surface area contributed by atoms with Crippen molar-refractivity contribution in [3.05, 3.63) is 52.4 Å². The number of furan rings is 1. The molecule has 3 aromatic rings. The highest BCUT2D eigenvalue weighted by atomic mass is 35.5. The topological polar surface area (TPSA) is 73.0 Å². The van der Waals surface area contributed by atoms with E-state index in [9.17, 15) is 4.79 Å². The predicted octanol–water partition coefficient (Wildman–Crippen LogP) is 5.43. The third-order valence-electron chi connectivity index (χ3n) is 5.09. The molecule has 1 aliphatic rings. The number of rotatable bonds is 7. The first kappa shape index (κ1) is 21.3. The van der Waals surface area contributed by atoms with Crippen molar-refractivity contribution in [1.29, 1.82) is 0 Å². The molecule has 0 bridgehead atoms. The zero-order valence-electron chi connectivity index (χ0n) is 16.3. The summed E-state index contributed by atoms with van der Waals surface area (Å²) < 4.78 is 7.42. The number of thioether (sulfide) groups is 1. The van der Waals surface area contributed by atoms with Crippen molar-refractivity contribution in [2.45, 2.75) is 49.8 Å². The summed E-state index contributed by atoms with van der Waals surface area (Å²) in [5, 5.41) is 13.5. The van der Waals surface area contributed by atoms with Crippen LogP contribution in [0.1, 0.15) is 37.9 Å². The Hall–Kier alpha value is -1.96. The molecule has 0 unspecified atom stereocenters. The lowest BCUT2D eigenvalue weighted by Gasteiger charge is -2.22. The number of hydrogen-bond acceptors (Lipinski definition) is 5. The number of nitrogens with one attached hydrogen (secondary N) is 1. The molecule has 6 nitrogen and oxygen atoms in total. The van der Waals surface area contributed by atoms with Gasteiger partial charge in [0, 0.05) is 16.6 Å². The van der Waals surface area contributed by atoms with E-state index in [1.807, 2.05) is 22.8 Å². The van der Waals surface area contributed by atoms with Crippen LogP contribution < -0.4 is 5.32 Å². The SMILES string of the molecule is O=C(CSc1nnc(-c2ccc(Cl)cc2Cl)n1Cc1ccco1)NC1CCCCC1.